The molecule has 1 unspecified atom stereocenters. The molecule has 1 aromatic heterocycles. The van der Waals surface area contributed by atoms with Crippen molar-refractivity contribution in [2.75, 3.05) is 19.7 Å². The normalized spacial score (nSPS) is 11.8. The fourth-order valence-electron chi connectivity index (χ4n) is 1.47. The molecule has 110 valence electrons. The quantitative estimate of drug-likeness (QED) is 0.223. The molecule has 1 heterocycles. The Kier molecular flexibility index (Phi) is 8.16. The van der Waals surface area contributed by atoms with Gasteiger partial charge in [0.1, 0.15) is 6.04 Å². The van der Waals surface area contributed by atoms with Crippen LogP contribution in [0.15, 0.2) is 19.4 Å². The third kappa shape index (κ3) is 5.41. The van der Waals surface area contributed by atoms with Gasteiger partial charge in [-0.2, -0.15) is 0 Å². The fourth-order valence-corrected chi connectivity index (χ4v) is 3.63. The first-order valence-electron chi connectivity index (χ1n) is 5.95. The Hall–Kier alpha value is -0.600. The van der Waals surface area contributed by atoms with E-state index in [0.29, 0.717) is 26.1 Å². The molecule has 0 spiro atoms. The molecule has 1 aromatic rings. The first-order valence-corrected chi connectivity index (χ1v) is 8.36. The van der Waals surface area contributed by atoms with E-state index in [-0.39, 0.29) is 5.97 Å². The molecule has 0 amide bonds. The summed E-state index contributed by atoms with van der Waals surface area (Å²) >= 11 is 8.28. The molecule has 0 saturated heterocycles. The summed E-state index contributed by atoms with van der Waals surface area (Å²) in [5.74, 6) is -0.308. The first-order chi connectivity index (χ1) is 9.60. The van der Waals surface area contributed by atoms with E-state index >= 15 is 0 Å². The van der Waals surface area contributed by atoms with Gasteiger partial charge in [0.15, 0.2) is 0 Å². The van der Waals surface area contributed by atoms with Crippen LogP contribution in [0, 0.1) is 0 Å². The summed E-state index contributed by atoms with van der Waals surface area (Å²) in [7, 11) is 0. The van der Waals surface area contributed by atoms with Crippen molar-refractivity contribution in [3.8, 4) is 0 Å². The number of thiophene rings is 1. The van der Waals surface area contributed by atoms with Gasteiger partial charge in [-0.25, -0.2) is 4.79 Å². The Morgan fingerprint density at radius 1 is 1.65 bits per heavy atom. The number of carbonyl (C=O) groups excluding carboxylic acids is 1. The maximum atomic E-state index is 12.0. The largest absolute Gasteiger partial charge is 0.465 e. The van der Waals surface area contributed by atoms with Crippen LogP contribution in [0.2, 0.25) is 0 Å². The highest BCUT2D eigenvalue weighted by Crippen LogP contribution is 2.35. The second-order valence-corrected chi connectivity index (χ2v) is 6.97. The van der Waals surface area contributed by atoms with Crippen LogP contribution in [0.4, 0.5) is 0 Å². The topological polar surface area (TPSA) is 87.1 Å². The molecule has 0 bridgehead atoms. The second kappa shape index (κ2) is 9.36. The highest BCUT2D eigenvalue weighted by atomic mass is 79.9. The van der Waals surface area contributed by atoms with E-state index < -0.39 is 6.04 Å². The van der Waals surface area contributed by atoms with Gasteiger partial charge in [-0.3, -0.25) is 0 Å². The molecule has 0 fully saturated rings. The first kappa shape index (κ1) is 17.5. The van der Waals surface area contributed by atoms with Gasteiger partial charge in [-0.15, -0.1) is 11.3 Å². The number of ether oxygens (including phenoxy) is 1. The Morgan fingerprint density at radius 2 is 2.40 bits per heavy atom. The monoisotopic (exact) mass is 424 g/mol. The van der Waals surface area contributed by atoms with Gasteiger partial charge in [0.05, 0.1) is 10.4 Å². The summed E-state index contributed by atoms with van der Waals surface area (Å²) < 4.78 is 6.91. The number of esters is 1. The highest BCUT2D eigenvalue weighted by Gasteiger charge is 2.24. The fraction of sp³-hybridized carbons (Fsp3) is 0.545. The molecule has 1 atom stereocenters. The van der Waals surface area contributed by atoms with E-state index in [9.17, 15) is 4.79 Å². The number of hydrogen-bond acceptors (Lipinski definition) is 5. The smallest absolute Gasteiger partial charge is 0.328 e. The Labute approximate surface area is 137 Å². The van der Waals surface area contributed by atoms with Crippen molar-refractivity contribution in [1.29, 1.82) is 0 Å². The van der Waals surface area contributed by atoms with Gasteiger partial charge in [0.2, 0.25) is 0 Å². The van der Waals surface area contributed by atoms with E-state index in [2.05, 4.69) is 47.2 Å². The minimum Gasteiger partial charge on any atom is -0.465 e. The zero-order valence-electron chi connectivity index (χ0n) is 10.8. The molecule has 20 heavy (non-hydrogen) atoms. The van der Waals surface area contributed by atoms with Gasteiger partial charge in [0, 0.05) is 20.8 Å². The number of carbonyl (C=O) groups is 1. The third-order valence-electron chi connectivity index (χ3n) is 2.32. The van der Waals surface area contributed by atoms with Crippen LogP contribution in [0.1, 0.15) is 24.3 Å². The van der Waals surface area contributed by atoms with E-state index in [1.54, 1.807) is 6.92 Å². The number of halogens is 2. The Morgan fingerprint density at radius 3 is 2.95 bits per heavy atom. The van der Waals surface area contributed by atoms with Crippen molar-refractivity contribution < 1.29 is 9.53 Å². The van der Waals surface area contributed by atoms with Gasteiger partial charge < -0.3 is 10.1 Å². The zero-order chi connectivity index (χ0) is 15.0. The molecule has 6 nitrogen and oxygen atoms in total. The second-order valence-electron chi connectivity index (χ2n) is 3.72. The lowest BCUT2D eigenvalue weighted by molar-refractivity contribution is -0.145. The minimum absolute atomic E-state index is 0.308. The van der Waals surface area contributed by atoms with Crippen molar-refractivity contribution in [2.24, 2.45) is 5.11 Å². The lowest BCUT2D eigenvalue weighted by Crippen LogP contribution is -2.30. The van der Waals surface area contributed by atoms with Crippen LogP contribution in [0.5, 0.6) is 0 Å². The van der Waals surface area contributed by atoms with Gasteiger partial charge >= 0.3 is 5.97 Å². The van der Waals surface area contributed by atoms with Gasteiger partial charge in [0.25, 0.3) is 0 Å². The van der Waals surface area contributed by atoms with Gasteiger partial charge in [-0.1, -0.05) is 5.11 Å². The molecule has 1 rings (SSSR count). The van der Waals surface area contributed by atoms with E-state index in [0.717, 1.165) is 13.1 Å². The summed E-state index contributed by atoms with van der Waals surface area (Å²) in [5.41, 5.74) is 8.20. The molecule has 0 aliphatic rings. The van der Waals surface area contributed by atoms with Crippen molar-refractivity contribution in [3.63, 3.8) is 0 Å². The molecular weight excluding hydrogens is 412 g/mol. The average Bonchev–Trinajstić information content (AvgIpc) is 2.73. The van der Waals surface area contributed by atoms with E-state index in [1.807, 2.05) is 6.07 Å². The molecule has 0 aliphatic carbocycles. The maximum Gasteiger partial charge on any atom is 0.328 e. The number of hydrogen-bond donors (Lipinski definition) is 1. The summed E-state index contributed by atoms with van der Waals surface area (Å²) in [5, 5.41) is 6.58. The number of nitrogens with zero attached hydrogens (tertiary/aromatic N) is 3. The van der Waals surface area contributed by atoms with Crippen molar-refractivity contribution in [2.45, 2.75) is 19.4 Å². The molecule has 9 heteroatoms. The standard InChI is InChI=1S/C11H14Br2N4O2S/c1-2-19-11(18)9(15-4-3-5-16-17-14)8-6-7(12)10(13)20-8/h6,9,15H,2-5H2,1H3. The SMILES string of the molecule is CCOC(=O)C(NCCCN=[N+]=[N-])c1cc(Br)c(Br)s1. The lowest BCUT2D eigenvalue weighted by atomic mass is 10.2. The molecule has 1 N–H and O–H groups in total. The minimum atomic E-state index is -0.506. The molecule has 0 aliphatic heterocycles. The Balaban J connectivity index is 2.70. The Bertz CT molecular complexity index is 483. The lowest BCUT2D eigenvalue weighted by Gasteiger charge is -2.15. The zero-order valence-corrected chi connectivity index (χ0v) is 14.8. The van der Waals surface area contributed by atoms with Crippen molar-refractivity contribution >= 4 is 49.2 Å². The summed E-state index contributed by atoms with van der Waals surface area (Å²) in [6.07, 6.45) is 0.660. The number of rotatable bonds is 8. The van der Waals surface area contributed by atoms with Crippen LogP contribution in [0.3, 0.4) is 0 Å². The third-order valence-corrected chi connectivity index (χ3v) is 5.64. The van der Waals surface area contributed by atoms with Crippen molar-refractivity contribution in [3.05, 3.63) is 29.6 Å². The van der Waals surface area contributed by atoms with Crippen molar-refractivity contribution in [1.82, 2.24) is 5.32 Å². The maximum absolute atomic E-state index is 12.0. The summed E-state index contributed by atoms with van der Waals surface area (Å²) in [6.45, 7) is 3.08. The van der Waals surface area contributed by atoms with Crippen LogP contribution in [0.25, 0.3) is 10.4 Å². The summed E-state index contributed by atoms with van der Waals surface area (Å²) in [4.78, 5) is 15.5. The number of nitrogens with one attached hydrogen (secondary N) is 1. The molecule has 0 saturated carbocycles. The van der Waals surface area contributed by atoms with Crippen LogP contribution in [-0.2, 0) is 9.53 Å². The van der Waals surface area contributed by atoms with E-state index in [1.165, 1.54) is 11.3 Å². The predicted octanol–water partition coefficient (Wildman–Crippen LogP) is 4.17. The van der Waals surface area contributed by atoms with Crippen LogP contribution >= 0.6 is 43.2 Å². The number of azide groups is 1. The van der Waals surface area contributed by atoms with Crippen LogP contribution < -0.4 is 5.32 Å². The molecular formula is C11H14Br2N4O2S. The van der Waals surface area contributed by atoms with Crippen LogP contribution in [-0.4, -0.2) is 25.7 Å². The van der Waals surface area contributed by atoms with E-state index in [4.69, 9.17) is 10.3 Å². The molecule has 0 radical (unpaired) electrons. The predicted molar refractivity (Wildman–Crippen MR) is 85.7 cm³/mol. The average molecular weight is 426 g/mol. The van der Waals surface area contributed by atoms with Gasteiger partial charge in [-0.05, 0) is 63.3 Å². The highest BCUT2D eigenvalue weighted by molar-refractivity contribution is 9.13. The summed E-state index contributed by atoms with van der Waals surface area (Å²) in [6, 6.07) is 1.38. The molecule has 0 aromatic carbocycles.